The summed E-state index contributed by atoms with van der Waals surface area (Å²) in [5.74, 6) is -0.191. The molecule has 0 aromatic carbocycles. The Morgan fingerprint density at radius 2 is 2.21 bits per heavy atom. The van der Waals surface area contributed by atoms with Crippen molar-refractivity contribution in [3.63, 3.8) is 0 Å². The molecule has 5 nitrogen and oxygen atoms in total. The van der Waals surface area contributed by atoms with E-state index in [4.69, 9.17) is 10.5 Å². The molecule has 1 aromatic heterocycles. The van der Waals surface area contributed by atoms with Crippen molar-refractivity contribution in [3.05, 3.63) is 18.0 Å². The molecular formula is C14H25N3O2. The highest BCUT2D eigenvalue weighted by Crippen LogP contribution is 2.29. The lowest BCUT2D eigenvalue weighted by atomic mass is 9.78. The molecule has 1 unspecified atom stereocenters. The number of nitrogens with two attached hydrogens (primary N) is 1. The van der Waals surface area contributed by atoms with Gasteiger partial charge in [0.05, 0.1) is 18.2 Å². The van der Waals surface area contributed by atoms with Crippen molar-refractivity contribution >= 4 is 5.97 Å². The second kappa shape index (κ2) is 7.28. The molecule has 0 aliphatic heterocycles. The fraction of sp³-hybridized carbons (Fsp3) is 0.714. The molecule has 1 atom stereocenters. The highest BCUT2D eigenvalue weighted by atomic mass is 16.5. The zero-order chi connectivity index (χ0) is 14.3. The molecule has 108 valence electrons. The summed E-state index contributed by atoms with van der Waals surface area (Å²) < 4.78 is 7.06. The number of rotatable bonds is 8. The van der Waals surface area contributed by atoms with Crippen LogP contribution in [0, 0.1) is 5.41 Å². The topological polar surface area (TPSA) is 70.1 Å². The summed E-state index contributed by atoms with van der Waals surface area (Å²) >= 11 is 0. The molecule has 0 amide bonds. The van der Waals surface area contributed by atoms with E-state index in [0.29, 0.717) is 19.6 Å². The number of hydrogen-bond acceptors (Lipinski definition) is 4. The Balaban J connectivity index is 2.92. The van der Waals surface area contributed by atoms with Crippen molar-refractivity contribution < 1.29 is 9.53 Å². The van der Waals surface area contributed by atoms with Gasteiger partial charge in [0.15, 0.2) is 0 Å². The second-order valence-electron chi connectivity index (χ2n) is 4.84. The average molecular weight is 267 g/mol. The van der Waals surface area contributed by atoms with Crippen LogP contribution in [-0.2, 0) is 22.5 Å². The summed E-state index contributed by atoms with van der Waals surface area (Å²) in [5.41, 5.74) is 6.30. The third-order valence-corrected chi connectivity index (χ3v) is 3.38. The number of ether oxygens (including phenoxy) is 1. The van der Waals surface area contributed by atoms with Crippen LogP contribution in [0.15, 0.2) is 12.4 Å². The Morgan fingerprint density at radius 1 is 1.47 bits per heavy atom. The number of nitrogens with zero attached hydrogens (tertiary/aromatic N) is 2. The van der Waals surface area contributed by atoms with Gasteiger partial charge in [-0.1, -0.05) is 13.3 Å². The van der Waals surface area contributed by atoms with E-state index in [1.807, 2.05) is 30.9 Å². The van der Waals surface area contributed by atoms with Gasteiger partial charge in [0, 0.05) is 19.3 Å². The second-order valence-corrected chi connectivity index (χ2v) is 4.84. The maximum atomic E-state index is 12.2. The number of esters is 1. The first-order valence-corrected chi connectivity index (χ1v) is 7.00. The third kappa shape index (κ3) is 3.80. The normalized spacial score (nSPS) is 14.1. The van der Waals surface area contributed by atoms with Crippen LogP contribution in [0.3, 0.4) is 0 Å². The molecule has 0 saturated heterocycles. The molecule has 0 radical (unpaired) electrons. The van der Waals surface area contributed by atoms with Crippen LogP contribution in [0.5, 0.6) is 0 Å². The molecule has 0 spiro atoms. The monoisotopic (exact) mass is 267 g/mol. The molecular weight excluding hydrogens is 242 g/mol. The minimum atomic E-state index is -0.619. The van der Waals surface area contributed by atoms with E-state index in [-0.39, 0.29) is 5.97 Å². The van der Waals surface area contributed by atoms with Gasteiger partial charge in [-0.25, -0.2) is 0 Å². The van der Waals surface area contributed by atoms with Gasteiger partial charge in [0.2, 0.25) is 0 Å². The number of carbonyl (C=O) groups is 1. The molecule has 0 saturated carbocycles. The van der Waals surface area contributed by atoms with E-state index in [0.717, 1.165) is 24.9 Å². The highest BCUT2D eigenvalue weighted by Gasteiger charge is 2.38. The Morgan fingerprint density at radius 3 is 2.68 bits per heavy atom. The summed E-state index contributed by atoms with van der Waals surface area (Å²) in [6.45, 7) is 7.42. The van der Waals surface area contributed by atoms with Crippen LogP contribution >= 0.6 is 0 Å². The number of aryl methyl sites for hydroxylation is 1. The number of aromatic nitrogens is 2. The summed E-state index contributed by atoms with van der Waals surface area (Å²) in [7, 11) is 0. The molecule has 5 heteroatoms. The van der Waals surface area contributed by atoms with Crippen LogP contribution in [0.2, 0.25) is 0 Å². The van der Waals surface area contributed by atoms with E-state index >= 15 is 0 Å². The van der Waals surface area contributed by atoms with Crippen LogP contribution in [-0.4, -0.2) is 28.9 Å². The van der Waals surface area contributed by atoms with Crippen LogP contribution < -0.4 is 5.73 Å². The quantitative estimate of drug-likeness (QED) is 0.729. The predicted molar refractivity (Wildman–Crippen MR) is 74.6 cm³/mol. The Hall–Kier alpha value is -1.36. The smallest absolute Gasteiger partial charge is 0.313 e. The maximum Gasteiger partial charge on any atom is 0.313 e. The average Bonchev–Trinajstić information content (AvgIpc) is 2.86. The summed E-state index contributed by atoms with van der Waals surface area (Å²) in [4.78, 5) is 12.2. The van der Waals surface area contributed by atoms with Crippen molar-refractivity contribution in [1.29, 1.82) is 0 Å². The van der Waals surface area contributed by atoms with Crippen molar-refractivity contribution in [3.8, 4) is 0 Å². The van der Waals surface area contributed by atoms with Crippen LogP contribution in [0.4, 0.5) is 0 Å². The summed E-state index contributed by atoms with van der Waals surface area (Å²) in [6.07, 6.45) is 6.01. The minimum absolute atomic E-state index is 0.191. The zero-order valence-corrected chi connectivity index (χ0v) is 12.2. The predicted octanol–water partition coefficient (Wildman–Crippen LogP) is 1.75. The van der Waals surface area contributed by atoms with Gasteiger partial charge in [0.25, 0.3) is 0 Å². The van der Waals surface area contributed by atoms with Crippen molar-refractivity contribution in [2.24, 2.45) is 11.1 Å². The Bertz CT molecular complexity index is 403. The van der Waals surface area contributed by atoms with Crippen molar-refractivity contribution in [2.75, 3.05) is 13.2 Å². The van der Waals surface area contributed by atoms with E-state index in [9.17, 15) is 4.79 Å². The van der Waals surface area contributed by atoms with E-state index in [1.165, 1.54) is 0 Å². The first-order valence-electron chi connectivity index (χ1n) is 7.00. The molecule has 0 fully saturated rings. The molecule has 0 aliphatic rings. The van der Waals surface area contributed by atoms with Gasteiger partial charge in [-0.2, -0.15) is 5.10 Å². The van der Waals surface area contributed by atoms with E-state index < -0.39 is 5.41 Å². The van der Waals surface area contributed by atoms with Gasteiger partial charge >= 0.3 is 5.97 Å². The molecule has 1 rings (SSSR count). The number of carbonyl (C=O) groups excluding carboxylic acids is 1. The molecule has 1 heterocycles. The Labute approximate surface area is 115 Å². The fourth-order valence-electron chi connectivity index (χ4n) is 2.34. The minimum Gasteiger partial charge on any atom is -0.466 e. The van der Waals surface area contributed by atoms with Gasteiger partial charge < -0.3 is 10.5 Å². The maximum absolute atomic E-state index is 12.2. The first-order chi connectivity index (χ1) is 9.11. The lowest BCUT2D eigenvalue weighted by molar-refractivity contribution is -0.155. The van der Waals surface area contributed by atoms with E-state index in [1.54, 1.807) is 0 Å². The van der Waals surface area contributed by atoms with Crippen LogP contribution in [0.1, 0.15) is 39.2 Å². The fourth-order valence-corrected chi connectivity index (χ4v) is 2.34. The molecule has 1 aromatic rings. The summed E-state index contributed by atoms with van der Waals surface area (Å²) in [5, 5.41) is 4.24. The van der Waals surface area contributed by atoms with Crippen LogP contribution in [0.25, 0.3) is 0 Å². The van der Waals surface area contributed by atoms with Crippen molar-refractivity contribution in [1.82, 2.24) is 9.78 Å². The Kier molecular flexibility index (Phi) is 6.02. The first kappa shape index (κ1) is 15.7. The number of hydrogen-bond donors (Lipinski definition) is 1. The lowest BCUT2D eigenvalue weighted by Gasteiger charge is -2.29. The van der Waals surface area contributed by atoms with Gasteiger partial charge in [-0.15, -0.1) is 0 Å². The third-order valence-electron chi connectivity index (χ3n) is 3.38. The molecule has 2 N–H and O–H groups in total. The molecule has 0 bridgehead atoms. The molecule has 0 aliphatic carbocycles. The lowest BCUT2D eigenvalue weighted by Crippen LogP contribution is -2.42. The van der Waals surface area contributed by atoms with Crippen molar-refractivity contribution in [2.45, 2.75) is 46.6 Å². The zero-order valence-electron chi connectivity index (χ0n) is 12.2. The van der Waals surface area contributed by atoms with Gasteiger partial charge in [0.1, 0.15) is 0 Å². The largest absolute Gasteiger partial charge is 0.466 e. The molecule has 19 heavy (non-hydrogen) atoms. The van der Waals surface area contributed by atoms with E-state index in [2.05, 4.69) is 12.0 Å². The van der Waals surface area contributed by atoms with Gasteiger partial charge in [-0.3, -0.25) is 9.48 Å². The SMILES string of the molecule is CCCC(CN)(Cc1cnn(CC)c1)C(=O)OCC. The standard InChI is InChI=1S/C14H25N3O2/c1-4-7-14(11-15,13(18)19-6-3)8-12-9-16-17(5-2)10-12/h9-10H,4-8,11,15H2,1-3H3. The van der Waals surface area contributed by atoms with Gasteiger partial charge in [-0.05, 0) is 32.3 Å². The highest BCUT2D eigenvalue weighted by molar-refractivity contribution is 5.77. The summed E-state index contributed by atoms with van der Waals surface area (Å²) in [6, 6.07) is 0.